The van der Waals surface area contributed by atoms with Crippen molar-refractivity contribution in [2.45, 2.75) is 22.1 Å². The Morgan fingerprint density at radius 2 is 1.02 bits per heavy atom. The van der Waals surface area contributed by atoms with Crippen LogP contribution in [0, 0.1) is 0 Å². The summed E-state index contributed by atoms with van der Waals surface area (Å²) in [6, 6.07) is 20.6. The zero-order valence-corrected chi connectivity index (χ0v) is 26.9. The molecule has 47 heavy (non-hydrogen) atoms. The molecule has 6 rings (SSSR count). The van der Waals surface area contributed by atoms with Crippen LogP contribution in [0.25, 0.3) is 27.9 Å². The first-order chi connectivity index (χ1) is 22.0. The van der Waals surface area contributed by atoms with Gasteiger partial charge in [-0.05, 0) is 72.3 Å². The average molecular weight is 756 g/mol. The minimum atomic E-state index is -4.61. The molecule has 0 aliphatic rings. The van der Waals surface area contributed by atoms with Gasteiger partial charge in [-0.1, -0.05) is 58.9 Å². The highest BCUT2D eigenvalue weighted by atomic mass is 79.9. The summed E-state index contributed by atoms with van der Waals surface area (Å²) in [6.45, 7) is 3.67. The van der Waals surface area contributed by atoms with Crippen molar-refractivity contribution in [2.24, 2.45) is 0 Å². The van der Waals surface area contributed by atoms with Crippen molar-refractivity contribution in [3.63, 3.8) is 0 Å². The molecule has 0 fully saturated rings. The van der Waals surface area contributed by atoms with Gasteiger partial charge in [0.2, 0.25) is 0 Å². The predicted molar refractivity (Wildman–Crippen MR) is 170 cm³/mol. The number of nitrogens with zero attached hydrogens (tertiary/aromatic N) is 2. The van der Waals surface area contributed by atoms with E-state index in [9.17, 15) is 43.2 Å². The number of halogens is 7. The van der Waals surface area contributed by atoms with Crippen LogP contribution in [0.15, 0.2) is 130 Å². The summed E-state index contributed by atoms with van der Waals surface area (Å²) in [4.78, 5) is -0.830. The van der Waals surface area contributed by atoms with Crippen molar-refractivity contribution >= 4 is 63.9 Å². The average Bonchev–Trinajstić information content (AvgIpc) is 3.67. The van der Waals surface area contributed by atoms with E-state index in [4.69, 9.17) is 0 Å². The van der Waals surface area contributed by atoms with E-state index in [2.05, 4.69) is 22.5 Å². The van der Waals surface area contributed by atoms with Crippen molar-refractivity contribution in [1.29, 1.82) is 0 Å². The Hall–Kier alpha value is -4.34. The maximum absolute atomic E-state index is 12.8. The third-order valence-corrected chi connectivity index (χ3v) is 11.1. The molecule has 6 nitrogen and oxygen atoms in total. The largest absolute Gasteiger partial charge is 0.416 e. The van der Waals surface area contributed by atoms with Gasteiger partial charge in [-0.15, -0.1) is 0 Å². The van der Waals surface area contributed by atoms with E-state index in [0.717, 1.165) is 49.9 Å². The highest BCUT2D eigenvalue weighted by molar-refractivity contribution is 9.10. The van der Waals surface area contributed by atoms with Gasteiger partial charge in [0.25, 0.3) is 20.0 Å². The van der Waals surface area contributed by atoms with Crippen molar-refractivity contribution < 1.29 is 43.2 Å². The topological polar surface area (TPSA) is 78.1 Å². The second kappa shape index (κ2) is 12.4. The SMILES string of the molecule is C=Cc1cccc2c1ccn2S(=O)(=O)c1cccc(C(F)(F)F)c1.O=S(=O)(c1cccc(C(F)(F)F)c1)n1ccc2c(Br)cccc21. The van der Waals surface area contributed by atoms with Crippen LogP contribution in [-0.4, -0.2) is 24.8 Å². The number of benzene rings is 4. The molecular formula is C32H21BrF6N2O4S2. The molecule has 0 saturated heterocycles. The second-order valence-electron chi connectivity index (χ2n) is 9.94. The van der Waals surface area contributed by atoms with Crippen molar-refractivity contribution in [2.75, 3.05) is 0 Å². The fourth-order valence-corrected chi connectivity index (χ4v) is 8.04. The van der Waals surface area contributed by atoms with Crippen LogP contribution < -0.4 is 0 Å². The third kappa shape index (κ3) is 6.60. The lowest BCUT2D eigenvalue weighted by atomic mass is 10.1. The minimum Gasteiger partial charge on any atom is -0.241 e. The first-order valence-electron chi connectivity index (χ1n) is 13.3. The Morgan fingerprint density at radius 1 is 0.596 bits per heavy atom. The molecular weight excluding hydrogens is 734 g/mol. The smallest absolute Gasteiger partial charge is 0.241 e. The van der Waals surface area contributed by atoms with Crippen LogP contribution >= 0.6 is 15.9 Å². The number of hydrogen-bond acceptors (Lipinski definition) is 4. The van der Waals surface area contributed by atoms with Crippen LogP contribution in [0.3, 0.4) is 0 Å². The highest BCUT2D eigenvalue weighted by Gasteiger charge is 2.33. The third-order valence-electron chi connectivity index (χ3n) is 7.03. The zero-order valence-electron chi connectivity index (χ0n) is 23.7. The number of alkyl halides is 6. The molecule has 0 radical (unpaired) electrons. The Bertz CT molecular complexity index is 2360. The summed E-state index contributed by atoms with van der Waals surface area (Å²) < 4.78 is 130. The molecule has 15 heteroatoms. The fourth-order valence-electron chi connectivity index (χ4n) is 4.76. The lowest BCUT2D eigenvalue weighted by Gasteiger charge is -2.11. The zero-order chi connectivity index (χ0) is 34.4. The standard InChI is InChI=1S/C17H12F3NO2S.C15H9BrF3NO2S/c1-2-12-5-3-8-16-15(12)9-10-21(16)24(22,23)14-7-4-6-13(11-14)17(18,19)20;16-13-5-2-6-14-12(13)7-8-20(14)23(21,22)11-4-1-3-10(9-11)15(17,18)19/h2-11H,1H2;1-9H. The van der Waals surface area contributed by atoms with Gasteiger partial charge in [-0.3, -0.25) is 0 Å². The Kier molecular flexibility index (Phi) is 8.94. The normalized spacial score (nSPS) is 12.6. The van der Waals surface area contributed by atoms with Gasteiger partial charge in [-0.2, -0.15) is 26.3 Å². The maximum Gasteiger partial charge on any atom is 0.416 e. The van der Waals surface area contributed by atoms with Gasteiger partial charge in [0.15, 0.2) is 0 Å². The van der Waals surface area contributed by atoms with Crippen LogP contribution in [0.2, 0.25) is 0 Å². The van der Waals surface area contributed by atoms with Gasteiger partial charge in [0, 0.05) is 27.6 Å². The van der Waals surface area contributed by atoms with Crippen LogP contribution in [0.4, 0.5) is 26.3 Å². The molecule has 0 spiro atoms. The van der Waals surface area contributed by atoms with E-state index in [1.54, 1.807) is 54.6 Å². The van der Waals surface area contributed by atoms with Gasteiger partial charge in [-0.25, -0.2) is 24.8 Å². The minimum absolute atomic E-state index is 0.379. The summed E-state index contributed by atoms with van der Waals surface area (Å²) in [6.07, 6.45) is -4.98. The van der Waals surface area contributed by atoms with E-state index in [1.807, 2.05) is 0 Å². The first kappa shape index (κ1) is 34.0. The van der Waals surface area contributed by atoms with E-state index in [1.165, 1.54) is 12.4 Å². The Labute approximate surface area is 273 Å². The molecule has 244 valence electrons. The van der Waals surface area contributed by atoms with Gasteiger partial charge >= 0.3 is 12.4 Å². The molecule has 0 amide bonds. The van der Waals surface area contributed by atoms with Gasteiger partial charge in [0.05, 0.1) is 32.0 Å². The first-order valence-corrected chi connectivity index (χ1v) is 17.0. The fraction of sp³-hybridized carbons (Fsp3) is 0.0625. The van der Waals surface area contributed by atoms with E-state index >= 15 is 0 Å². The van der Waals surface area contributed by atoms with Crippen molar-refractivity contribution in [1.82, 2.24) is 7.94 Å². The summed E-state index contributed by atoms with van der Waals surface area (Å²) in [5.41, 5.74) is -0.505. The molecule has 0 unspecified atom stereocenters. The monoisotopic (exact) mass is 754 g/mol. The number of fused-ring (bicyclic) bond motifs is 2. The van der Waals surface area contributed by atoms with Crippen molar-refractivity contribution in [3.8, 4) is 0 Å². The van der Waals surface area contributed by atoms with Crippen LogP contribution in [0.5, 0.6) is 0 Å². The van der Waals surface area contributed by atoms with Crippen LogP contribution in [-0.2, 0) is 32.4 Å². The number of hydrogen-bond donors (Lipinski definition) is 0. The van der Waals surface area contributed by atoms with Gasteiger partial charge < -0.3 is 0 Å². The predicted octanol–water partition coefficient (Wildman–Crippen LogP) is 9.20. The second-order valence-corrected chi connectivity index (χ2v) is 14.4. The molecule has 0 aliphatic carbocycles. The maximum atomic E-state index is 12.8. The lowest BCUT2D eigenvalue weighted by Crippen LogP contribution is -2.13. The highest BCUT2D eigenvalue weighted by Crippen LogP contribution is 2.34. The molecule has 0 atom stereocenters. The van der Waals surface area contributed by atoms with E-state index < -0.39 is 53.3 Å². The molecule has 0 bridgehead atoms. The molecule has 2 aromatic heterocycles. The lowest BCUT2D eigenvalue weighted by molar-refractivity contribution is -0.138. The number of aromatic nitrogens is 2. The summed E-state index contributed by atoms with van der Waals surface area (Å²) in [7, 11) is -8.27. The molecule has 0 saturated carbocycles. The summed E-state index contributed by atoms with van der Waals surface area (Å²) in [5, 5.41) is 1.31. The van der Waals surface area contributed by atoms with Crippen LogP contribution in [0.1, 0.15) is 16.7 Å². The Balaban J connectivity index is 0.000000185. The van der Waals surface area contributed by atoms with Gasteiger partial charge in [0.1, 0.15) is 0 Å². The molecule has 4 aromatic carbocycles. The summed E-state index contributed by atoms with van der Waals surface area (Å²) >= 11 is 3.31. The quantitative estimate of drug-likeness (QED) is 0.165. The van der Waals surface area contributed by atoms with Crippen molar-refractivity contribution in [3.05, 3.63) is 137 Å². The molecule has 0 N–H and O–H groups in total. The number of rotatable bonds is 5. The van der Waals surface area contributed by atoms with E-state index in [-0.39, 0.29) is 0 Å². The Morgan fingerprint density at radius 3 is 1.49 bits per heavy atom. The molecule has 2 heterocycles. The summed E-state index contributed by atoms with van der Waals surface area (Å²) in [5.74, 6) is 0. The van der Waals surface area contributed by atoms with E-state index in [0.29, 0.717) is 38.4 Å². The molecule has 6 aromatic rings. The molecule has 0 aliphatic heterocycles.